The first-order chi connectivity index (χ1) is 13.3. The standard InChI is InChI=1S/C21H25NO5S/c1-6-27-21(25)16-12(4)22-13-9-10(2)15(20(24)26-5)19(23)17(13)18(16)14-8-7-11(3)28-14/h7-8,10,15,18,22H,6,9H2,1-5H3/t10-,15-,18+/m1/s1. The van der Waals surface area contributed by atoms with Crippen LogP contribution in [0, 0.1) is 18.8 Å². The summed E-state index contributed by atoms with van der Waals surface area (Å²) >= 11 is 1.54. The SMILES string of the molecule is CCOC(=O)C1=C(C)NC2=C(C(=O)[C@H](C(=O)OC)[C@H](C)C2)[C@H]1c1ccc(C)s1. The third-order valence-electron chi connectivity index (χ3n) is 5.28. The van der Waals surface area contributed by atoms with Crippen LogP contribution in [0.1, 0.15) is 42.9 Å². The average molecular weight is 404 g/mol. The number of allylic oxidation sites excluding steroid dienone is 3. The molecule has 7 heteroatoms. The van der Waals surface area contributed by atoms with E-state index >= 15 is 0 Å². The van der Waals surface area contributed by atoms with E-state index in [4.69, 9.17) is 9.47 Å². The van der Waals surface area contributed by atoms with E-state index in [9.17, 15) is 14.4 Å². The van der Waals surface area contributed by atoms with E-state index in [0.717, 1.165) is 15.5 Å². The lowest BCUT2D eigenvalue weighted by molar-refractivity contribution is -0.151. The van der Waals surface area contributed by atoms with Gasteiger partial charge in [-0.15, -0.1) is 11.3 Å². The normalized spacial score (nSPS) is 24.6. The summed E-state index contributed by atoms with van der Waals surface area (Å²) in [4.78, 5) is 40.5. The number of ketones is 1. The van der Waals surface area contributed by atoms with Gasteiger partial charge in [-0.05, 0) is 45.2 Å². The average Bonchev–Trinajstić information content (AvgIpc) is 3.06. The van der Waals surface area contributed by atoms with Gasteiger partial charge in [-0.3, -0.25) is 9.59 Å². The number of dihydropyridines is 1. The van der Waals surface area contributed by atoms with Crippen LogP contribution in [0.25, 0.3) is 0 Å². The molecule has 0 spiro atoms. The minimum atomic E-state index is -0.865. The number of esters is 2. The van der Waals surface area contributed by atoms with Crippen molar-refractivity contribution in [1.82, 2.24) is 5.32 Å². The summed E-state index contributed by atoms with van der Waals surface area (Å²) in [5.74, 6) is -2.85. The van der Waals surface area contributed by atoms with Gasteiger partial charge >= 0.3 is 11.9 Å². The first-order valence-corrected chi connectivity index (χ1v) is 10.2. The van der Waals surface area contributed by atoms with Gasteiger partial charge in [-0.1, -0.05) is 6.92 Å². The number of ether oxygens (including phenoxy) is 2. The highest BCUT2D eigenvalue weighted by Crippen LogP contribution is 2.46. The topological polar surface area (TPSA) is 81.7 Å². The van der Waals surface area contributed by atoms with Crippen molar-refractivity contribution in [2.75, 3.05) is 13.7 Å². The highest BCUT2D eigenvalue weighted by Gasteiger charge is 2.47. The number of rotatable bonds is 4. The second-order valence-electron chi connectivity index (χ2n) is 7.20. The smallest absolute Gasteiger partial charge is 0.336 e. The van der Waals surface area contributed by atoms with Crippen molar-refractivity contribution in [2.45, 2.75) is 40.0 Å². The van der Waals surface area contributed by atoms with E-state index in [1.165, 1.54) is 18.4 Å². The van der Waals surface area contributed by atoms with Crippen LogP contribution in [-0.2, 0) is 23.9 Å². The predicted octanol–water partition coefficient (Wildman–Crippen LogP) is 3.23. The monoisotopic (exact) mass is 403 g/mol. The van der Waals surface area contributed by atoms with Crippen molar-refractivity contribution in [1.29, 1.82) is 0 Å². The molecule has 150 valence electrons. The molecule has 3 rings (SSSR count). The third kappa shape index (κ3) is 3.39. The molecule has 2 heterocycles. The number of hydrogen-bond acceptors (Lipinski definition) is 7. The molecule has 0 fully saturated rings. The first-order valence-electron chi connectivity index (χ1n) is 9.36. The first kappa shape index (κ1) is 20.3. The Bertz CT molecular complexity index is 894. The Morgan fingerprint density at radius 2 is 2.00 bits per heavy atom. The van der Waals surface area contributed by atoms with Crippen LogP contribution in [0.2, 0.25) is 0 Å². The zero-order chi connectivity index (χ0) is 20.6. The number of nitrogens with one attached hydrogen (secondary N) is 1. The second kappa shape index (κ2) is 7.91. The molecule has 0 bridgehead atoms. The Hall–Kier alpha value is -2.41. The fourth-order valence-electron chi connectivity index (χ4n) is 4.05. The van der Waals surface area contributed by atoms with Gasteiger partial charge < -0.3 is 14.8 Å². The van der Waals surface area contributed by atoms with E-state index in [0.29, 0.717) is 23.3 Å². The maximum Gasteiger partial charge on any atom is 0.336 e. The lowest BCUT2D eigenvalue weighted by Gasteiger charge is -2.37. The number of hydrogen-bond donors (Lipinski definition) is 1. The number of carbonyl (C=O) groups is 3. The number of methoxy groups -OCH3 is 1. The fraction of sp³-hybridized carbons (Fsp3) is 0.476. The number of carbonyl (C=O) groups excluding carboxylic acids is 3. The summed E-state index contributed by atoms with van der Waals surface area (Å²) in [6.07, 6.45) is 0.537. The molecule has 0 amide bonds. The molecule has 1 aliphatic heterocycles. The highest BCUT2D eigenvalue weighted by atomic mass is 32.1. The minimum absolute atomic E-state index is 0.186. The summed E-state index contributed by atoms with van der Waals surface area (Å²) < 4.78 is 10.2. The fourth-order valence-corrected chi connectivity index (χ4v) is 5.05. The van der Waals surface area contributed by atoms with Crippen molar-refractivity contribution in [3.63, 3.8) is 0 Å². The zero-order valence-corrected chi connectivity index (χ0v) is 17.6. The maximum atomic E-state index is 13.4. The van der Waals surface area contributed by atoms with Crippen LogP contribution in [-0.4, -0.2) is 31.4 Å². The van der Waals surface area contributed by atoms with E-state index < -0.39 is 23.8 Å². The molecule has 0 radical (unpaired) electrons. The van der Waals surface area contributed by atoms with Crippen LogP contribution in [0.15, 0.2) is 34.7 Å². The molecule has 6 nitrogen and oxygen atoms in total. The zero-order valence-electron chi connectivity index (χ0n) is 16.8. The molecule has 3 atom stereocenters. The van der Waals surface area contributed by atoms with Gasteiger partial charge in [0, 0.05) is 26.7 Å². The summed E-state index contributed by atoms with van der Waals surface area (Å²) in [6, 6.07) is 3.90. The molecule has 2 aliphatic rings. The van der Waals surface area contributed by atoms with E-state index in [2.05, 4.69) is 5.32 Å². The molecule has 0 saturated heterocycles. The second-order valence-corrected chi connectivity index (χ2v) is 8.52. The van der Waals surface area contributed by atoms with Gasteiger partial charge in [-0.25, -0.2) is 4.79 Å². The Morgan fingerprint density at radius 3 is 2.57 bits per heavy atom. The number of Topliss-reactive ketones (excluding diaryl/α,β-unsaturated/α-hetero) is 1. The molecule has 28 heavy (non-hydrogen) atoms. The summed E-state index contributed by atoms with van der Waals surface area (Å²) in [5, 5.41) is 3.24. The van der Waals surface area contributed by atoms with Crippen LogP contribution in [0.4, 0.5) is 0 Å². The Labute approximate surface area is 168 Å². The van der Waals surface area contributed by atoms with Crippen molar-refractivity contribution in [3.8, 4) is 0 Å². The quantitative estimate of drug-likeness (QED) is 0.614. The van der Waals surface area contributed by atoms with Gasteiger partial charge in [-0.2, -0.15) is 0 Å². The largest absolute Gasteiger partial charge is 0.468 e. The maximum absolute atomic E-state index is 13.4. The number of aryl methyl sites for hydroxylation is 1. The molecular formula is C21H25NO5S. The summed E-state index contributed by atoms with van der Waals surface area (Å²) in [6.45, 7) is 7.67. The molecule has 0 saturated carbocycles. The van der Waals surface area contributed by atoms with Crippen molar-refractivity contribution < 1.29 is 23.9 Å². The summed E-state index contributed by atoms with van der Waals surface area (Å²) in [5.41, 5.74) is 2.36. The van der Waals surface area contributed by atoms with E-state index in [1.807, 2.05) is 32.9 Å². The molecule has 1 aromatic rings. The lowest BCUT2D eigenvalue weighted by Crippen LogP contribution is -2.43. The minimum Gasteiger partial charge on any atom is -0.468 e. The molecule has 0 unspecified atom stereocenters. The summed E-state index contributed by atoms with van der Waals surface area (Å²) in [7, 11) is 1.29. The Kier molecular flexibility index (Phi) is 5.74. The van der Waals surface area contributed by atoms with Crippen molar-refractivity contribution >= 4 is 29.1 Å². The molecule has 1 N–H and O–H groups in total. The van der Waals surface area contributed by atoms with Gasteiger partial charge in [0.15, 0.2) is 5.78 Å². The highest BCUT2D eigenvalue weighted by molar-refractivity contribution is 7.12. The molecule has 1 aliphatic carbocycles. The molecule has 1 aromatic heterocycles. The van der Waals surface area contributed by atoms with Crippen LogP contribution in [0.3, 0.4) is 0 Å². The van der Waals surface area contributed by atoms with E-state index in [-0.39, 0.29) is 18.3 Å². The van der Waals surface area contributed by atoms with Gasteiger partial charge in [0.2, 0.25) is 0 Å². The van der Waals surface area contributed by atoms with Crippen molar-refractivity contribution in [2.24, 2.45) is 11.8 Å². The predicted molar refractivity (Wildman–Crippen MR) is 106 cm³/mol. The molecular weight excluding hydrogens is 378 g/mol. The molecule has 0 aromatic carbocycles. The lowest BCUT2D eigenvalue weighted by atomic mass is 9.70. The van der Waals surface area contributed by atoms with Crippen molar-refractivity contribution in [3.05, 3.63) is 44.4 Å². The van der Waals surface area contributed by atoms with Gasteiger partial charge in [0.25, 0.3) is 0 Å². The third-order valence-corrected chi connectivity index (χ3v) is 6.35. The Balaban J connectivity index is 2.16. The number of thiophene rings is 1. The Morgan fingerprint density at radius 1 is 1.29 bits per heavy atom. The van der Waals surface area contributed by atoms with Gasteiger partial charge in [0.1, 0.15) is 5.92 Å². The van der Waals surface area contributed by atoms with Crippen LogP contribution < -0.4 is 5.32 Å². The van der Waals surface area contributed by atoms with Crippen LogP contribution in [0.5, 0.6) is 0 Å². The van der Waals surface area contributed by atoms with Crippen LogP contribution >= 0.6 is 11.3 Å². The van der Waals surface area contributed by atoms with E-state index in [1.54, 1.807) is 6.92 Å². The van der Waals surface area contributed by atoms with Gasteiger partial charge in [0.05, 0.1) is 25.2 Å².